The van der Waals surface area contributed by atoms with Crippen LogP contribution in [0.15, 0.2) is 24.3 Å². The summed E-state index contributed by atoms with van der Waals surface area (Å²) in [5, 5.41) is 9.28. The van der Waals surface area contributed by atoms with Crippen molar-refractivity contribution in [3.05, 3.63) is 29.8 Å². The van der Waals surface area contributed by atoms with Gasteiger partial charge < -0.3 is 16.0 Å². The molecule has 0 saturated heterocycles. The molecule has 1 aromatic rings. The fraction of sp³-hybridized carbons (Fsp3) is 0.500. The summed E-state index contributed by atoms with van der Waals surface area (Å²) in [5.74, 6) is 0.423. The predicted octanol–water partition coefficient (Wildman–Crippen LogP) is 3.01. The van der Waals surface area contributed by atoms with Crippen LogP contribution in [0.5, 0.6) is 0 Å². The number of carbonyl (C=O) groups is 1. The number of hydrogen-bond acceptors (Lipinski definition) is 2. The molecule has 0 heterocycles. The average molecular weight is 307 g/mol. The lowest BCUT2D eigenvalue weighted by molar-refractivity contribution is -0.121. The summed E-state index contributed by atoms with van der Waals surface area (Å²) in [5.41, 5.74) is 1.96. The van der Waals surface area contributed by atoms with E-state index in [1.54, 1.807) is 0 Å². The van der Waals surface area contributed by atoms with Gasteiger partial charge in [0.25, 0.3) is 0 Å². The van der Waals surface area contributed by atoms with Gasteiger partial charge in [0.1, 0.15) is 0 Å². The Labute approximate surface area is 132 Å². The topological polar surface area (TPSA) is 53.2 Å². The van der Waals surface area contributed by atoms with Crippen LogP contribution in [0.3, 0.4) is 0 Å². The summed E-state index contributed by atoms with van der Waals surface area (Å²) in [6, 6.07) is 8.11. The molecule has 0 aliphatic carbocycles. The normalized spacial score (nSPS) is 11.1. The zero-order valence-electron chi connectivity index (χ0n) is 13.4. The first-order chi connectivity index (χ1) is 9.67. The van der Waals surface area contributed by atoms with E-state index in [1.807, 2.05) is 32.9 Å². The summed E-state index contributed by atoms with van der Waals surface area (Å²) in [6.45, 7) is 10.3. The molecule has 0 unspecified atom stereocenters. The third-order valence-electron chi connectivity index (χ3n) is 2.76. The first kappa shape index (κ1) is 17.4. The number of rotatable bonds is 4. The molecular formula is C16H25N3OS. The molecule has 1 aromatic carbocycles. The number of anilines is 1. The van der Waals surface area contributed by atoms with Crippen molar-refractivity contribution in [2.75, 3.05) is 11.9 Å². The van der Waals surface area contributed by atoms with Gasteiger partial charge in [-0.05, 0) is 56.6 Å². The zero-order valence-corrected chi connectivity index (χ0v) is 14.2. The van der Waals surface area contributed by atoms with Crippen LogP contribution in [0, 0.1) is 0 Å². The van der Waals surface area contributed by atoms with Gasteiger partial charge >= 0.3 is 0 Å². The molecule has 0 atom stereocenters. The van der Waals surface area contributed by atoms with Crippen molar-refractivity contribution in [2.24, 2.45) is 0 Å². The Morgan fingerprint density at radius 2 is 1.76 bits per heavy atom. The minimum absolute atomic E-state index is 0.0817. The second-order valence-corrected chi connectivity index (χ2v) is 6.79. The summed E-state index contributed by atoms with van der Waals surface area (Å²) < 4.78 is 0. The first-order valence-electron chi connectivity index (χ1n) is 7.13. The molecule has 0 bridgehead atoms. The van der Waals surface area contributed by atoms with E-state index in [0.29, 0.717) is 11.0 Å². The SMILES string of the molecule is CC(C)c1ccc(NC(=S)NCC(=O)NC(C)(C)C)cc1. The third-order valence-corrected chi connectivity index (χ3v) is 3.01. The lowest BCUT2D eigenvalue weighted by Gasteiger charge is -2.21. The van der Waals surface area contributed by atoms with Crippen LogP contribution in [-0.2, 0) is 4.79 Å². The van der Waals surface area contributed by atoms with Gasteiger partial charge in [-0.25, -0.2) is 0 Å². The Bertz CT molecular complexity index is 489. The van der Waals surface area contributed by atoms with Crippen molar-refractivity contribution in [1.82, 2.24) is 10.6 Å². The van der Waals surface area contributed by atoms with Gasteiger partial charge in [-0.1, -0.05) is 26.0 Å². The minimum atomic E-state index is -0.236. The molecule has 4 nitrogen and oxygen atoms in total. The van der Waals surface area contributed by atoms with Gasteiger partial charge in [-0.3, -0.25) is 4.79 Å². The summed E-state index contributed by atoms with van der Waals surface area (Å²) in [6.07, 6.45) is 0. The smallest absolute Gasteiger partial charge is 0.239 e. The van der Waals surface area contributed by atoms with Crippen LogP contribution >= 0.6 is 12.2 Å². The number of hydrogen-bond donors (Lipinski definition) is 3. The van der Waals surface area contributed by atoms with Crippen LogP contribution in [0.2, 0.25) is 0 Å². The molecule has 3 N–H and O–H groups in total. The first-order valence-corrected chi connectivity index (χ1v) is 7.54. The summed E-state index contributed by atoms with van der Waals surface area (Å²) in [4.78, 5) is 11.7. The Hall–Kier alpha value is -1.62. The van der Waals surface area contributed by atoms with Crippen molar-refractivity contribution >= 4 is 28.9 Å². The molecule has 0 fully saturated rings. The van der Waals surface area contributed by atoms with Gasteiger partial charge in [0.15, 0.2) is 5.11 Å². The van der Waals surface area contributed by atoms with Crippen molar-refractivity contribution < 1.29 is 4.79 Å². The second kappa shape index (κ2) is 7.41. The van der Waals surface area contributed by atoms with Crippen LogP contribution in [0.4, 0.5) is 5.69 Å². The van der Waals surface area contributed by atoms with Gasteiger partial charge in [0, 0.05) is 11.2 Å². The summed E-state index contributed by atoms with van der Waals surface area (Å²) >= 11 is 5.18. The molecule has 5 heteroatoms. The van der Waals surface area contributed by atoms with E-state index in [0.717, 1.165) is 5.69 Å². The molecule has 0 aliphatic heterocycles. The molecule has 0 aliphatic rings. The molecule has 1 amide bonds. The van der Waals surface area contributed by atoms with E-state index in [1.165, 1.54) is 5.56 Å². The van der Waals surface area contributed by atoms with E-state index in [9.17, 15) is 4.79 Å². The molecule has 0 aromatic heterocycles. The number of carbonyl (C=O) groups excluding carboxylic acids is 1. The van der Waals surface area contributed by atoms with E-state index in [4.69, 9.17) is 12.2 Å². The second-order valence-electron chi connectivity index (χ2n) is 6.38. The maximum absolute atomic E-state index is 11.7. The highest BCUT2D eigenvalue weighted by molar-refractivity contribution is 7.80. The van der Waals surface area contributed by atoms with Crippen LogP contribution < -0.4 is 16.0 Å². The van der Waals surface area contributed by atoms with Crippen molar-refractivity contribution in [3.8, 4) is 0 Å². The third kappa shape index (κ3) is 7.09. The highest BCUT2D eigenvalue weighted by atomic mass is 32.1. The fourth-order valence-electron chi connectivity index (χ4n) is 1.75. The Morgan fingerprint density at radius 1 is 1.19 bits per heavy atom. The maximum atomic E-state index is 11.7. The number of amides is 1. The Morgan fingerprint density at radius 3 is 2.24 bits per heavy atom. The fourth-order valence-corrected chi connectivity index (χ4v) is 1.94. The average Bonchev–Trinajstić information content (AvgIpc) is 2.35. The molecular weight excluding hydrogens is 282 g/mol. The van der Waals surface area contributed by atoms with Gasteiger partial charge in [-0.2, -0.15) is 0 Å². The van der Waals surface area contributed by atoms with E-state index in [2.05, 4.69) is 41.9 Å². The standard InChI is InChI=1S/C16H25N3OS/c1-11(2)12-6-8-13(9-7-12)18-15(21)17-10-14(20)19-16(3,4)5/h6-9,11H,10H2,1-5H3,(H,19,20)(H2,17,18,21). The Kier molecular flexibility index (Phi) is 6.15. The molecule has 0 spiro atoms. The van der Waals surface area contributed by atoms with E-state index >= 15 is 0 Å². The van der Waals surface area contributed by atoms with Crippen molar-refractivity contribution in [2.45, 2.75) is 46.1 Å². The molecule has 0 saturated carbocycles. The van der Waals surface area contributed by atoms with E-state index in [-0.39, 0.29) is 18.0 Å². The largest absolute Gasteiger partial charge is 0.353 e. The molecule has 1 rings (SSSR count). The molecule has 116 valence electrons. The number of thiocarbonyl (C=S) groups is 1. The minimum Gasteiger partial charge on any atom is -0.353 e. The van der Waals surface area contributed by atoms with E-state index < -0.39 is 0 Å². The monoisotopic (exact) mass is 307 g/mol. The maximum Gasteiger partial charge on any atom is 0.239 e. The summed E-state index contributed by atoms with van der Waals surface area (Å²) in [7, 11) is 0. The van der Waals surface area contributed by atoms with Gasteiger partial charge in [0.2, 0.25) is 5.91 Å². The lowest BCUT2D eigenvalue weighted by Crippen LogP contribution is -2.46. The van der Waals surface area contributed by atoms with Crippen molar-refractivity contribution in [1.29, 1.82) is 0 Å². The van der Waals surface area contributed by atoms with Gasteiger partial charge in [-0.15, -0.1) is 0 Å². The quantitative estimate of drug-likeness (QED) is 0.749. The number of nitrogens with one attached hydrogen (secondary N) is 3. The van der Waals surface area contributed by atoms with Crippen LogP contribution in [-0.4, -0.2) is 23.1 Å². The van der Waals surface area contributed by atoms with Crippen LogP contribution in [0.25, 0.3) is 0 Å². The zero-order chi connectivity index (χ0) is 16.0. The predicted molar refractivity (Wildman–Crippen MR) is 92.7 cm³/mol. The lowest BCUT2D eigenvalue weighted by atomic mass is 10.0. The number of benzene rings is 1. The highest BCUT2D eigenvalue weighted by Crippen LogP contribution is 2.16. The highest BCUT2D eigenvalue weighted by Gasteiger charge is 2.13. The van der Waals surface area contributed by atoms with Crippen molar-refractivity contribution in [3.63, 3.8) is 0 Å². The van der Waals surface area contributed by atoms with Gasteiger partial charge in [0.05, 0.1) is 6.54 Å². The van der Waals surface area contributed by atoms with Crippen LogP contribution in [0.1, 0.15) is 46.1 Å². The molecule has 0 radical (unpaired) electrons. The molecule has 21 heavy (non-hydrogen) atoms. The Balaban J connectivity index is 2.42.